The molecule has 0 unspecified atom stereocenters. The lowest BCUT2D eigenvalue weighted by Gasteiger charge is -2.28. The largest absolute Gasteiger partial charge is 0.310 e. The molecule has 418 valence electrons. The van der Waals surface area contributed by atoms with Crippen molar-refractivity contribution < 1.29 is 0 Å². The first-order chi connectivity index (χ1) is 42.4. The van der Waals surface area contributed by atoms with Crippen LogP contribution in [0.5, 0.6) is 0 Å². The number of rotatable bonds is 12. The number of hydrogen-bond acceptors (Lipinski definition) is 2. The quantitative estimate of drug-likeness (QED) is 0.113. The summed E-state index contributed by atoms with van der Waals surface area (Å²) in [6.07, 6.45) is 9.18. The molecule has 2 heteroatoms. The molecule has 0 N–H and O–H groups in total. The van der Waals surface area contributed by atoms with E-state index in [1.54, 1.807) is 0 Å². The molecule has 3 aliphatic carbocycles. The van der Waals surface area contributed by atoms with E-state index in [1.165, 1.54) is 111 Å². The van der Waals surface area contributed by atoms with Crippen molar-refractivity contribution in [3.8, 4) is 55.6 Å². The molecule has 0 atom stereocenters. The summed E-state index contributed by atoms with van der Waals surface area (Å²) in [5.41, 5.74) is 32.0. The Labute approximate surface area is 513 Å². The summed E-state index contributed by atoms with van der Waals surface area (Å²) in [6.45, 7) is 14.3. The molecular formula is C85H68N2. The zero-order chi connectivity index (χ0) is 59.0. The van der Waals surface area contributed by atoms with Gasteiger partial charge in [-0.25, -0.2) is 0 Å². The molecule has 0 fully saturated rings. The second-order valence-electron chi connectivity index (χ2n) is 25.4. The molecule has 87 heavy (non-hydrogen) atoms. The summed E-state index contributed by atoms with van der Waals surface area (Å²) >= 11 is 0. The van der Waals surface area contributed by atoms with E-state index >= 15 is 0 Å². The third-order valence-electron chi connectivity index (χ3n) is 19.0. The summed E-state index contributed by atoms with van der Waals surface area (Å²) in [5.74, 6) is 0. The monoisotopic (exact) mass is 1120 g/mol. The van der Waals surface area contributed by atoms with Crippen molar-refractivity contribution in [3.05, 3.63) is 335 Å². The van der Waals surface area contributed by atoms with Crippen LogP contribution in [0.3, 0.4) is 0 Å². The molecule has 3 aliphatic rings. The van der Waals surface area contributed by atoms with Gasteiger partial charge in [0.1, 0.15) is 0 Å². The fourth-order valence-electron chi connectivity index (χ4n) is 14.3. The maximum Gasteiger partial charge on any atom is 0.0465 e. The molecule has 0 aliphatic heterocycles. The maximum atomic E-state index is 2.42. The van der Waals surface area contributed by atoms with Crippen LogP contribution in [-0.2, 0) is 16.2 Å². The van der Waals surface area contributed by atoms with Crippen molar-refractivity contribution in [2.75, 3.05) is 9.80 Å². The molecule has 2 nitrogen and oxygen atoms in total. The summed E-state index contributed by atoms with van der Waals surface area (Å²) < 4.78 is 0. The summed E-state index contributed by atoms with van der Waals surface area (Å²) in [6, 6.07) is 103. The molecule has 0 amide bonds. The van der Waals surface area contributed by atoms with Gasteiger partial charge >= 0.3 is 0 Å². The standard InChI is InChI=1S/C85H68N2/c1-83(2)77-51-57(27-29-59-33-47-73-75-49-43-69(55-81(75)84(3,4)79(73)53-59)86(65-23-15-9-16-24-65)67-39-35-63(36-40-67)61-19-11-7-12-20-61)31-45-71(77)72-46-32-58(52-78(72)83)28-30-60-34-48-74-76-50-44-70(56-82(76)85(5,6)80(74)54-60)87(66-25-17-10-18-26-66)68-41-37-64(38-42-68)62-21-13-8-14-22-62/h7-56H,1-6H3/b29-27+,30-28+. The number of fused-ring (bicyclic) bond motifs is 9. The van der Waals surface area contributed by atoms with Crippen LogP contribution in [0.1, 0.15) is 97.2 Å². The minimum absolute atomic E-state index is 0.160. The van der Waals surface area contributed by atoms with Crippen LogP contribution in [0.2, 0.25) is 0 Å². The van der Waals surface area contributed by atoms with E-state index in [-0.39, 0.29) is 16.2 Å². The third-order valence-corrected chi connectivity index (χ3v) is 19.0. The molecule has 0 aromatic heterocycles. The first kappa shape index (κ1) is 53.4. The summed E-state index contributed by atoms with van der Waals surface area (Å²) in [7, 11) is 0. The average molecular weight is 1120 g/mol. The summed E-state index contributed by atoms with van der Waals surface area (Å²) in [4.78, 5) is 4.76. The highest BCUT2D eigenvalue weighted by atomic mass is 15.1. The Hall–Kier alpha value is -10.3. The Morgan fingerprint density at radius 2 is 0.425 bits per heavy atom. The first-order valence-electron chi connectivity index (χ1n) is 30.6. The highest BCUT2D eigenvalue weighted by molar-refractivity contribution is 5.91. The molecule has 12 aromatic carbocycles. The maximum absolute atomic E-state index is 2.42. The van der Waals surface area contributed by atoms with Crippen LogP contribution >= 0.6 is 0 Å². The van der Waals surface area contributed by atoms with Gasteiger partial charge in [-0.1, -0.05) is 272 Å². The third kappa shape index (κ3) is 9.36. The van der Waals surface area contributed by atoms with E-state index in [2.05, 4.69) is 355 Å². The minimum atomic E-state index is -0.192. The normalized spacial score (nSPS) is 14.3. The smallest absolute Gasteiger partial charge is 0.0465 e. The van der Waals surface area contributed by atoms with Gasteiger partial charge in [-0.15, -0.1) is 0 Å². The molecule has 15 rings (SSSR count). The van der Waals surface area contributed by atoms with Crippen LogP contribution in [0.4, 0.5) is 34.1 Å². The van der Waals surface area contributed by atoms with Gasteiger partial charge in [-0.2, -0.15) is 0 Å². The fraction of sp³-hybridized carbons (Fsp3) is 0.106. The number of anilines is 6. The molecular weight excluding hydrogens is 1050 g/mol. The minimum Gasteiger partial charge on any atom is -0.310 e. The van der Waals surface area contributed by atoms with Gasteiger partial charge in [0.2, 0.25) is 0 Å². The van der Waals surface area contributed by atoms with Crippen molar-refractivity contribution in [3.63, 3.8) is 0 Å². The zero-order valence-electron chi connectivity index (χ0n) is 50.3. The zero-order valence-corrected chi connectivity index (χ0v) is 50.3. The van der Waals surface area contributed by atoms with Crippen molar-refractivity contribution >= 4 is 58.4 Å². The van der Waals surface area contributed by atoms with E-state index < -0.39 is 0 Å². The van der Waals surface area contributed by atoms with Gasteiger partial charge in [0.05, 0.1) is 0 Å². The second kappa shape index (κ2) is 21.0. The molecule has 0 spiro atoms. The molecule has 12 aromatic rings. The number of para-hydroxylation sites is 2. The lowest BCUT2D eigenvalue weighted by molar-refractivity contribution is 0.660. The van der Waals surface area contributed by atoms with Gasteiger partial charge in [-0.3, -0.25) is 0 Å². The van der Waals surface area contributed by atoms with Crippen LogP contribution in [0.25, 0.3) is 79.9 Å². The average Bonchev–Trinajstić information content (AvgIpc) is 1.66. The molecule has 0 bridgehead atoms. The van der Waals surface area contributed by atoms with Crippen LogP contribution in [-0.4, -0.2) is 0 Å². The lowest BCUT2D eigenvalue weighted by Crippen LogP contribution is -2.16. The van der Waals surface area contributed by atoms with Crippen LogP contribution < -0.4 is 9.80 Å². The van der Waals surface area contributed by atoms with E-state index in [0.717, 1.165) is 34.1 Å². The van der Waals surface area contributed by atoms with Crippen LogP contribution in [0, 0.1) is 0 Å². The van der Waals surface area contributed by atoms with Crippen molar-refractivity contribution in [2.24, 2.45) is 0 Å². The summed E-state index contributed by atoms with van der Waals surface area (Å²) in [5, 5.41) is 0. The van der Waals surface area contributed by atoms with Gasteiger partial charge < -0.3 is 9.80 Å². The van der Waals surface area contributed by atoms with Gasteiger partial charge in [0, 0.05) is 50.4 Å². The topological polar surface area (TPSA) is 6.48 Å². The van der Waals surface area contributed by atoms with Gasteiger partial charge in [0.15, 0.2) is 0 Å². The first-order valence-corrected chi connectivity index (χ1v) is 30.6. The molecule has 0 radical (unpaired) electrons. The van der Waals surface area contributed by atoms with E-state index in [4.69, 9.17) is 0 Å². The molecule has 0 saturated heterocycles. The van der Waals surface area contributed by atoms with Gasteiger partial charge in [-0.05, 0) is 184 Å². The predicted molar refractivity (Wildman–Crippen MR) is 370 cm³/mol. The fourth-order valence-corrected chi connectivity index (χ4v) is 14.3. The van der Waals surface area contributed by atoms with Crippen molar-refractivity contribution in [1.29, 1.82) is 0 Å². The van der Waals surface area contributed by atoms with E-state index in [9.17, 15) is 0 Å². The Bertz CT molecular complexity index is 4360. The van der Waals surface area contributed by atoms with E-state index in [1.807, 2.05) is 0 Å². The Morgan fingerprint density at radius 1 is 0.207 bits per heavy atom. The van der Waals surface area contributed by atoms with Crippen molar-refractivity contribution in [2.45, 2.75) is 57.8 Å². The number of hydrogen-bond donors (Lipinski definition) is 0. The Balaban J connectivity index is 0.653. The van der Waals surface area contributed by atoms with Gasteiger partial charge in [0.25, 0.3) is 0 Å². The Kier molecular flexibility index (Phi) is 12.9. The predicted octanol–water partition coefficient (Wildman–Crippen LogP) is 23.2. The second-order valence-corrected chi connectivity index (χ2v) is 25.4. The lowest BCUT2D eigenvalue weighted by atomic mass is 9.81. The van der Waals surface area contributed by atoms with Crippen molar-refractivity contribution in [1.82, 2.24) is 0 Å². The van der Waals surface area contributed by atoms with Crippen LogP contribution in [0.15, 0.2) is 279 Å². The number of nitrogens with zero attached hydrogens (tertiary/aromatic N) is 2. The molecule has 0 saturated carbocycles. The molecule has 0 heterocycles. The SMILES string of the molecule is CC1(C)c2cc(/C=C/c3ccc4c(c3)C(C)(C)c3cc(N(c5ccccc5)c5ccc(-c6ccccc6)cc5)ccc3-4)ccc2-c2ccc(/C=C/c3ccc4c(c3)C(C)(C)c3cc(N(c5ccccc5)c5ccc(-c6ccccc6)cc5)ccc3-4)cc21. The highest BCUT2D eigenvalue weighted by Crippen LogP contribution is 2.54. The van der Waals surface area contributed by atoms with E-state index in [0.29, 0.717) is 0 Å². The number of benzene rings is 12. The highest BCUT2D eigenvalue weighted by Gasteiger charge is 2.39. The Morgan fingerprint density at radius 3 is 0.713 bits per heavy atom.